The molecule has 9 fully saturated rings. The number of piperidine rings is 6. The summed E-state index contributed by atoms with van der Waals surface area (Å²) in [5.41, 5.74) is 3.18. The van der Waals surface area contributed by atoms with Crippen molar-refractivity contribution in [2.24, 2.45) is 39.8 Å². The van der Waals surface area contributed by atoms with Gasteiger partial charge in [0.2, 0.25) is 23.6 Å². The highest BCUT2D eigenvalue weighted by Gasteiger charge is 2.51. The number of para-hydroxylation sites is 2. The Morgan fingerprint density at radius 1 is 0.507 bits per heavy atom. The van der Waals surface area contributed by atoms with E-state index >= 15 is 0 Å². The van der Waals surface area contributed by atoms with Gasteiger partial charge in [0.25, 0.3) is 17.6 Å². The van der Waals surface area contributed by atoms with Crippen LogP contribution in [0.5, 0.6) is 0 Å². The predicted molar refractivity (Wildman–Crippen MR) is 483 cm³/mol. The molecule has 0 radical (unpaired) electrons. The van der Waals surface area contributed by atoms with Gasteiger partial charge in [0.05, 0.1) is 168 Å². The predicted octanol–water partition coefficient (Wildman–Crippen LogP) is -15.2. The molecule has 37 atom stereocenters. The Balaban J connectivity index is 0.000000283. The van der Waals surface area contributed by atoms with E-state index in [0.29, 0.717) is 36.7 Å². The number of rotatable bonds is 17. The van der Waals surface area contributed by atoms with Crippen LogP contribution in [0.2, 0.25) is 0 Å². The second-order valence-electron chi connectivity index (χ2n) is 35.2. The number of nitrogens with zero attached hydrogens (tertiary/aromatic N) is 5. The van der Waals surface area contributed by atoms with Crippen LogP contribution in [0.15, 0.2) is 83.3 Å². The maximum absolute atomic E-state index is 11.9. The minimum absolute atomic E-state index is 0.0489. The quantitative estimate of drug-likeness (QED) is 0.0339. The molecule has 10 aliphatic heterocycles. The molecule has 13 rings (SSSR count). The molecule has 9 saturated heterocycles. The number of carbonyl (C=O) groups is 7. The van der Waals surface area contributed by atoms with Crippen molar-refractivity contribution in [3.05, 3.63) is 78.9 Å². The zero-order valence-electron chi connectivity index (χ0n) is 78.3. The zero-order valence-corrected chi connectivity index (χ0v) is 78.3. The third kappa shape index (κ3) is 34.7. The van der Waals surface area contributed by atoms with Gasteiger partial charge in [-0.1, -0.05) is 71.0 Å². The number of hydrogen-bond acceptors (Lipinski definition) is 44. The van der Waals surface area contributed by atoms with E-state index < -0.39 is 250 Å². The number of aliphatic carboxylic acids is 1. The summed E-state index contributed by atoms with van der Waals surface area (Å²) in [5, 5.41) is 295. The topological polar surface area (TPSA) is 883 Å². The molecule has 39 N–H and O–H groups in total. The number of imidazole rings is 1. The zero-order chi connectivity index (χ0) is 105. The van der Waals surface area contributed by atoms with E-state index in [2.05, 4.69) is 78.6 Å². The highest BCUT2D eigenvalue weighted by molar-refractivity contribution is 5.93. The van der Waals surface area contributed by atoms with Crippen LogP contribution in [0, 0.1) is 29.6 Å². The average molecular weight is 2020 g/mol. The fourth-order valence-corrected chi connectivity index (χ4v) is 16.1. The number of carboxylic acid groups (broad SMARTS) is 1. The number of ether oxygens (including phenoxy) is 2. The summed E-state index contributed by atoms with van der Waals surface area (Å²) in [6, 6.07) is 9.95. The maximum atomic E-state index is 11.9. The lowest BCUT2D eigenvalue weighted by atomic mass is 9.88. The average Bonchev–Trinajstić information content (AvgIpc) is 1.59. The first-order valence-electron chi connectivity index (χ1n) is 45.3. The van der Waals surface area contributed by atoms with Crippen molar-refractivity contribution in [3.63, 3.8) is 0 Å². The number of hydrogen-bond donors (Lipinski definition) is 39. The minimum atomic E-state index is -1.51. The molecule has 2 aromatic carbocycles. The number of alkyl halides is 1. The Morgan fingerprint density at radius 2 is 1.00 bits per heavy atom. The Hall–Kier alpha value is -8.87. The lowest BCUT2D eigenvalue weighted by molar-refractivity contribution is -0.695. The van der Waals surface area contributed by atoms with E-state index in [1.807, 2.05) is 20.8 Å². The molecule has 798 valence electrons. The van der Waals surface area contributed by atoms with E-state index in [1.54, 1.807) is 91.5 Å². The van der Waals surface area contributed by atoms with Crippen LogP contribution >= 0.6 is 0 Å². The number of amides is 7. The molecule has 7 amide bonds. The first-order chi connectivity index (χ1) is 66.0. The highest BCUT2D eigenvalue weighted by atomic mass is 19.1. The standard InChI is InChI=1S/C15H20N4O6.C15H19N3O7.C11H16N2O5.C9H17NO3.C8H15FN2O4.C7H15NO4.C7H13NO4.C7H15NO3.C6H13NO2/c1-8(21)16-11-13(23)12(22)10(7-20)25-14(11)18-19-15(24)17-9-5-3-2-4-6-9;1-8(20)16-11-13(22)12(21)10(7-19)24-14(11)18-25-15(23)17-9-5-3-2-4-6-9;1-6-9(17)10(18)7(5-14)13-3-2-12(11(6)13)4-8(15)16;1-5-4-10-3-2-6(11)7(10)9(13)8(5)12;9-1-6(13)11-4-2-10-5(3-12)8(15)7(4)14;2*1-3-5(10)6(11)4(2-9)8-7(3)12;1-4-2-8-5(3-9)7(11)6(4)10;1-4-2-7-3-5(8)6(4)9/h2-6,10-13,20,22-23H,7H2,1H3,(H,16,21)(H2,17,19,24);2-6,10-13,19,21-22H,7H2,1H3,(H,16,20)(H,17,23);2-3,6-7,9-10,14,17-18H,4-5H2,1H3;5-9,11-13H,2-4H2,1H3;4-5,7-8,10,12,14-15H,1-3H2,(H,11,13);3-12H,2H2,1H3;3-6,9-11H,2H2,1H3,(H,8,12);4-11H,2-3H2,1H3;4-9H,2-3H2,1H3/p+1/b2*18-14-;;;;;;;. The molecule has 0 bridgehead atoms. The number of benzene rings is 2. The summed E-state index contributed by atoms with van der Waals surface area (Å²) in [5.74, 6) is -4.32. The third-order valence-electron chi connectivity index (χ3n) is 24.7. The molecular formula is C85H144FN16O38+. The fourth-order valence-electron chi connectivity index (χ4n) is 16.1. The molecule has 54 nitrogen and oxygen atoms in total. The van der Waals surface area contributed by atoms with Crippen LogP contribution in [0.3, 0.4) is 0 Å². The van der Waals surface area contributed by atoms with Crippen molar-refractivity contribution in [3.8, 4) is 0 Å². The molecular weight excluding hydrogens is 1870 g/mol. The summed E-state index contributed by atoms with van der Waals surface area (Å²) in [4.78, 5) is 85.4. The lowest BCUT2D eigenvalue weighted by Gasteiger charge is -2.41. The van der Waals surface area contributed by atoms with E-state index in [1.165, 1.54) is 25.3 Å². The highest BCUT2D eigenvalue weighted by Crippen LogP contribution is 2.34. The smallest absolute Gasteiger partial charge is 0.437 e. The van der Waals surface area contributed by atoms with Gasteiger partial charge >= 0.3 is 18.1 Å². The SMILES string of the molecule is CC(=O)NC1/C(=N/NC(=O)Nc2ccccc2)OC(CO)C(O)C1O.CC(=O)NC1/C(=N/OC(=O)Nc2ccccc2)OC(CO)C(O)C1O.CC1C(=O)NC(CO)C(O)C1O.CC1C(O)NC(CO)C(O)C1O.CC1CN2CCC(O)C2C(O)C1O.CC1CNC(CO)C(O)C1O.CC1CNCC(O)C1O.CC1c2n(cc[n+]2CC(=O)O)C(CO)C(O)C1O.O=C(CF)NC1CNC(CO)C(O)C1O. The van der Waals surface area contributed by atoms with Crippen LogP contribution in [-0.2, 0) is 44.8 Å². The molecule has 1 aromatic heterocycles. The van der Waals surface area contributed by atoms with Crippen LogP contribution in [0.1, 0.15) is 79.6 Å². The van der Waals surface area contributed by atoms with Gasteiger partial charge in [-0.25, -0.2) is 33.3 Å². The maximum Gasteiger partial charge on any atom is 0.437 e. The number of aliphatic hydroxyl groups is 27. The molecule has 55 heteroatoms. The van der Waals surface area contributed by atoms with Gasteiger partial charge < -0.3 is 195 Å². The molecule has 11 heterocycles. The Labute approximate surface area is 803 Å². The number of aliphatic hydroxyl groups excluding tert-OH is 27. The van der Waals surface area contributed by atoms with Crippen LogP contribution in [0.25, 0.3) is 0 Å². The molecule has 0 saturated carbocycles. The van der Waals surface area contributed by atoms with Gasteiger partial charge in [0.1, 0.15) is 73.4 Å². The number of β-amino-alcohol motifs (C(OH)–C–C–N with tert-alkyl or cyclic N) is 1. The first-order valence-corrected chi connectivity index (χ1v) is 45.3. The van der Waals surface area contributed by atoms with Crippen molar-refractivity contribution in [1.82, 2.24) is 57.4 Å². The number of halogens is 1. The summed E-state index contributed by atoms with van der Waals surface area (Å²) in [6.45, 7) is 12.7. The van der Waals surface area contributed by atoms with Gasteiger partial charge in [-0.05, 0) is 60.5 Å². The Morgan fingerprint density at radius 3 is 1.51 bits per heavy atom. The third-order valence-corrected chi connectivity index (χ3v) is 24.7. The number of oxime groups is 1. The van der Waals surface area contributed by atoms with Crippen molar-refractivity contribution >= 4 is 64.9 Å². The number of aromatic nitrogens is 2. The summed E-state index contributed by atoms with van der Waals surface area (Å²) >= 11 is 0. The van der Waals surface area contributed by atoms with E-state index in [0.717, 1.165) is 19.6 Å². The Bertz CT molecular complexity index is 4150. The summed E-state index contributed by atoms with van der Waals surface area (Å²) in [6.07, 6.45) is -19.4. The largest absolute Gasteiger partial charge is 0.478 e. The molecule has 0 spiro atoms. The number of fused-ring (bicyclic) bond motifs is 2. The molecule has 10 aliphatic rings. The fraction of sp³-hybridized carbons (Fsp3) is 0.718. The number of carboxylic acids is 1. The van der Waals surface area contributed by atoms with Gasteiger partial charge in [-0.2, -0.15) is 0 Å². The monoisotopic (exact) mass is 2020 g/mol. The molecule has 0 aliphatic carbocycles. The van der Waals surface area contributed by atoms with Gasteiger partial charge in [-0.15, -0.1) is 5.10 Å². The van der Waals surface area contributed by atoms with E-state index in [4.69, 9.17) is 45.2 Å². The summed E-state index contributed by atoms with van der Waals surface area (Å²) in [7, 11) is 0. The second kappa shape index (κ2) is 59.4. The van der Waals surface area contributed by atoms with Crippen molar-refractivity contribution < 1.29 is 200 Å². The van der Waals surface area contributed by atoms with Crippen LogP contribution < -0.4 is 63.2 Å². The van der Waals surface area contributed by atoms with Crippen LogP contribution in [-0.4, -0.2) is 481 Å². The molecule has 37 unspecified atom stereocenters. The number of anilines is 2. The van der Waals surface area contributed by atoms with Crippen LogP contribution in [0.4, 0.5) is 25.4 Å². The van der Waals surface area contributed by atoms with Crippen molar-refractivity contribution in [2.75, 3.05) is 103 Å². The normalized spacial score (nSPS) is 36.8. The molecule has 3 aromatic rings. The van der Waals surface area contributed by atoms with E-state index in [9.17, 15) is 145 Å². The number of hydrazone groups is 1. The number of nitrogens with one attached hydrogen (secondary N) is 11. The lowest BCUT2D eigenvalue weighted by Crippen LogP contribution is -2.65. The van der Waals surface area contributed by atoms with Gasteiger partial charge in [0.15, 0.2) is 31.5 Å². The van der Waals surface area contributed by atoms with E-state index in [-0.39, 0.29) is 93.7 Å². The number of urea groups is 1. The second-order valence-corrected chi connectivity index (χ2v) is 35.2. The van der Waals surface area contributed by atoms with Crippen molar-refractivity contribution in [1.29, 1.82) is 0 Å². The van der Waals surface area contributed by atoms with Gasteiger partial charge in [-0.3, -0.25) is 39.5 Å². The molecule has 140 heavy (non-hydrogen) atoms. The van der Waals surface area contributed by atoms with Crippen molar-refractivity contribution in [2.45, 2.75) is 263 Å². The first kappa shape index (κ1) is 122. The van der Waals surface area contributed by atoms with Gasteiger partial charge in [0, 0.05) is 70.4 Å². The minimum Gasteiger partial charge on any atom is -0.478 e. The number of carbonyl (C=O) groups excluding carboxylic acids is 6. The Kier molecular flexibility index (Phi) is 51.6. The summed E-state index contributed by atoms with van der Waals surface area (Å²) < 4.78 is 25.5.